The average molecular weight is 430 g/mol. The minimum atomic E-state index is 0.0454. The number of hydrogen-bond donors (Lipinski definition) is 0. The number of para-hydroxylation sites is 3. The molecule has 5 heteroatoms. The Hall–Kier alpha value is -3.11. The van der Waals surface area contributed by atoms with Gasteiger partial charge in [-0.05, 0) is 47.9 Å². The number of nitrogens with zero attached hydrogens (tertiary/aromatic N) is 3. The van der Waals surface area contributed by atoms with Crippen LogP contribution in [0.2, 0.25) is 5.02 Å². The van der Waals surface area contributed by atoms with Crippen molar-refractivity contribution in [1.29, 1.82) is 0 Å². The van der Waals surface area contributed by atoms with E-state index in [0.29, 0.717) is 19.5 Å². The van der Waals surface area contributed by atoms with Crippen molar-refractivity contribution in [3.8, 4) is 0 Å². The van der Waals surface area contributed by atoms with Crippen molar-refractivity contribution in [2.24, 2.45) is 0 Å². The average Bonchev–Trinajstić information content (AvgIpc) is 3.34. The molecule has 0 unspecified atom stereocenters. The third-order valence-electron chi connectivity index (χ3n) is 6.07. The van der Waals surface area contributed by atoms with E-state index in [1.165, 1.54) is 5.56 Å². The smallest absolute Gasteiger partial charge is 0.227 e. The van der Waals surface area contributed by atoms with E-state index in [-0.39, 0.29) is 11.8 Å². The first-order valence-corrected chi connectivity index (χ1v) is 11.1. The minimum absolute atomic E-state index is 0.0454. The highest BCUT2D eigenvalue weighted by atomic mass is 35.5. The number of aryl methyl sites for hydroxylation is 1. The Kier molecular flexibility index (Phi) is 5.24. The zero-order chi connectivity index (χ0) is 21.4. The zero-order valence-electron chi connectivity index (χ0n) is 17.5. The Morgan fingerprint density at radius 1 is 1.03 bits per heavy atom. The number of aromatic nitrogens is 2. The fourth-order valence-electron chi connectivity index (χ4n) is 4.58. The summed E-state index contributed by atoms with van der Waals surface area (Å²) in [6, 6.07) is 24.3. The molecule has 3 aromatic carbocycles. The number of carbonyl (C=O) groups excluding carboxylic acids is 1. The molecule has 0 N–H and O–H groups in total. The Morgan fingerprint density at radius 2 is 1.84 bits per heavy atom. The lowest BCUT2D eigenvalue weighted by molar-refractivity contribution is -0.117. The van der Waals surface area contributed by atoms with Crippen LogP contribution in [-0.4, -0.2) is 22.0 Å². The van der Waals surface area contributed by atoms with Crippen LogP contribution in [0, 0.1) is 0 Å². The van der Waals surface area contributed by atoms with Gasteiger partial charge >= 0.3 is 0 Å². The maximum atomic E-state index is 13.0. The largest absolute Gasteiger partial charge is 0.323 e. The van der Waals surface area contributed by atoms with Crippen LogP contribution < -0.4 is 4.90 Å². The predicted molar refractivity (Wildman–Crippen MR) is 126 cm³/mol. The number of amides is 1. The van der Waals surface area contributed by atoms with Crippen LogP contribution in [0.25, 0.3) is 11.0 Å². The third kappa shape index (κ3) is 3.72. The first-order chi connectivity index (χ1) is 15.1. The lowest BCUT2D eigenvalue weighted by atomic mass is 10.1. The van der Waals surface area contributed by atoms with Crippen LogP contribution >= 0.6 is 11.6 Å². The number of hydrogen-bond acceptors (Lipinski definition) is 2. The highest BCUT2D eigenvalue weighted by Crippen LogP contribution is 2.35. The normalized spacial score (nSPS) is 16.4. The highest BCUT2D eigenvalue weighted by Gasteiger charge is 2.35. The summed E-state index contributed by atoms with van der Waals surface area (Å²) < 4.78 is 2.24. The molecule has 4 aromatic rings. The van der Waals surface area contributed by atoms with E-state index in [1.54, 1.807) is 0 Å². The standard InChI is InChI=1S/C26H24ClN3O/c1-2-19-9-3-5-12-23(19)29-17-20(15-25(29)31)26-28-22-11-4-6-13-24(22)30(26)16-18-8-7-10-21(27)14-18/h3-14,20H,2,15-17H2,1H3/t20-/m1/s1. The zero-order valence-corrected chi connectivity index (χ0v) is 18.2. The molecular weight excluding hydrogens is 406 g/mol. The van der Waals surface area contributed by atoms with Crippen LogP contribution in [0.5, 0.6) is 0 Å². The van der Waals surface area contributed by atoms with Crippen molar-refractivity contribution >= 4 is 34.2 Å². The van der Waals surface area contributed by atoms with Gasteiger partial charge in [-0.1, -0.05) is 61.0 Å². The molecule has 31 heavy (non-hydrogen) atoms. The monoisotopic (exact) mass is 429 g/mol. The maximum Gasteiger partial charge on any atom is 0.227 e. The molecule has 156 valence electrons. The number of fused-ring (bicyclic) bond motifs is 1. The molecule has 0 radical (unpaired) electrons. The van der Waals surface area contributed by atoms with Gasteiger partial charge in [0.1, 0.15) is 5.82 Å². The molecular formula is C26H24ClN3O. The van der Waals surface area contributed by atoms with E-state index in [1.807, 2.05) is 59.5 Å². The van der Waals surface area contributed by atoms with Gasteiger partial charge in [0.05, 0.1) is 11.0 Å². The molecule has 1 aromatic heterocycles. The molecule has 0 aliphatic carbocycles. The highest BCUT2D eigenvalue weighted by molar-refractivity contribution is 6.30. The second-order valence-corrected chi connectivity index (χ2v) is 8.50. The third-order valence-corrected chi connectivity index (χ3v) is 6.30. The molecule has 0 saturated carbocycles. The SMILES string of the molecule is CCc1ccccc1N1C[C@H](c2nc3ccccc3n2Cc2cccc(Cl)c2)CC1=O. The Labute approximate surface area is 187 Å². The van der Waals surface area contributed by atoms with E-state index >= 15 is 0 Å². The first kappa shape index (κ1) is 19.8. The van der Waals surface area contributed by atoms with Gasteiger partial charge in [0.2, 0.25) is 5.91 Å². The summed E-state index contributed by atoms with van der Waals surface area (Å²) >= 11 is 6.23. The summed E-state index contributed by atoms with van der Waals surface area (Å²) in [7, 11) is 0. The fraction of sp³-hybridized carbons (Fsp3) is 0.231. The van der Waals surface area contributed by atoms with Gasteiger partial charge in [-0.2, -0.15) is 0 Å². The van der Waals surface area contributed by atoms with Gasteiger partial charge in [0, 0.05) is 36.1 Å². The molecule has 1 amide bonds. The molecule has 4 nitrogen and oxygen atoms in total. The number of carbonyl (C=O) groups is 1. The molecule has 1 aliphatic rings. The molecule has 1 atom stereocenters. The van der Waals surface area contributed by atoms with Gasteiger partial charge in [0.25, 0.3) is 0 Å². The summed E-state index contributed by atoms with van der Waals surface area (Å²) in [6.07, 6.45) is 1.37. The summed E-state index contributed by atoms with van der Waals surface area (Å²) in [4.78, 5) is 19.9. The maximum absolute atomic E-state index is 13.0. The Morgan fingerprint density at radius 3 is 2.68 bits per heavy atom. The lowest BCUT2D eigenvalue weighted by Gasteiger charge is -2.20. The van der Waals surface area contributed by atoms with E-state index < -0.39 is 0 Å². The minimum Gasteiger partial charge on any atom is -0.323 e. The molecule has 1 aliphatic heterocycles. The van der Waals surface area contributed by atoms with E-state index in [0.717, 1.165) is 39.6 Å². The van der Waals surface area contributed by atoms with Crippen LogP contribution in [-0.2, 0) is 17.8 Å². The van der Waals surface area contributed by atoms with Gasteiger partial charge < -0.3 is 9.47 Å². The number of imidazole rings is 1. The predicted octanol–water partition coefficient (Wildman–Crippen LogP) is 5.82. The van der Waals surface area contributed by atoms with Gasteiger partial charge in [0.15, 0.2) is 0 Å². The second kappa shape index (κ2) is 8.20. The van der Waals surface area contributed by atoms with Crippen molar-refractivity contribution in [3.05, 3.63) is 94.8 Å². The van der Waals surface area contributed by atoms with Crippen molar-refractivity contribution in [2.45, 2.75) is 32.2 Å². The number of anilines is 1. The van der Waals surface area contributed by atoms with Crippen molar-refractivity contribution in [1.82, 2.24) is 9.55 Å². The second-order valence-electron chi connectivity index (χ2n) is 8.06. The van der Waals surface area contributed by atoms with Crippen LogP contribution in [0.3, 0.4) is 0 Å². The number of halogens is 1. The summed E-state index contributed by atoms with van der Waals surface area (Å²) in [6.45, 7) is 3.45. The Balaban J connectivity index is 1.54. The lowest BCUT2D eigenvalue weighted by Crippen LogP contribution is -2.25. The van der Waals surface area contributed by atoms with Gasteiger partial charge in [-0.15, -0.1) is 0 Å². The van der Waals surface area contributed by atoms with Crippen LogP contribution in [0.1, 0.15) is 36.2 Å². The van der Waals surface area contributed by atoms with E-state index in [2.05, 4.69) is 29.7 Å². The van der Waals surface area contributed by atoms with Gasteiger partial charge in [-0.25, -0.2) is 4.98 Å². The number of rotatable bonds is 5. The van der Waals surface area contributed by atoms with Gasteiger partial charge in [-0.3, -0.25) is 4.79 Å². The molecule has 1 saturated heterocycles. The molecule has 0 bridgehead atoms. The van der Waals surface area contributed by atoms with E-state index in [4.69, 9.17) is 16.6 Å². The topological polar surface area (TPSA) is 38.1 Å². The molecule has 0 spiro atoms. The van der Waals surface area contributed by atoms with Crippen molar-refractivity contribution in [2.75, 3.05) is 11.4 Å². The van der Waals surface area contributed by atoms with E-state index in [9.17, 15) is 4.79 Å². The molecule has 1 fully saturated rings. The van der Waals surface area contributed by atoms with Crippen molar-refractivity contribution in [3.63, 3.8) is 0 Å². The summed E-state index contributed by atoms with van der Waals surface area (Å²) in [5, 5.41) is 0.724. The van der Waals surface area contributed by atoms with Crippen LogP contribution in [0.4, 0.5) is 5.69 Å². The Bertz CT molecular complexity index is 1260. The quantitative estimate of drug-likeness (QED) is 0.401. The summed E-state index contributed by atoms with van der Waals surface area (Å²) in [5.74, 6) is 1.17. The first-order valence-electron chi connectivity index (χ1n) is 10.7. The molecule has 2 heterocycles. The summed E-state index contributed by atoms with van der Waals surface area (Å²) in [5.41, 5.74) is 5.38. The van der Waals surface area contributed by atoms with Crippen molar-refractivity contribution < 1.29 is 4.79 Å². The molecule has 5 rings (SSSR count). The number of benzene rings is 3. The fourth-order valence-corrected chi connectivity index (χ4v) is 4.79. The van der Waals surface area contributed by atoms with Crippen LogP contribution in [0.15, 0.2) is 72.8 Å².